The molecule has 0 aliphatic rings. The van der Waals surface area contributed by atoms with E-state index in [9.17, 15) is 4.79 Å². The maximum atomic E-state index is 12.5. The first-order chi connectivity index (χ1) is 13.5. The van der Waals surface area contributed by atoms with Crippen molar-refractivity contribution in [2.24, 2.45) is 0 Å². The summed E-state index contributed by atoms with van der Waals surface area (Å²) in [4.78, 5) is 18.0. The molecular weight excluding hydrogens is 398 g/mol. The van der Waals surface area contributed by atoms with Crippen molar-refractivity contribution < 1.29 is 9.32 Å². The highest BCUT2D eigenvalue weighted by molar-refractivity contribution is 7.16. The highest BCUT2D eigenvalue weighted by atomic mass is 35.5. The fraction of sp³-hybridized carbons (Fsp3) is 0.158. The van der Waals surface area contributed by atoms with Gasteiger partial charge in [0, 0.05) is 34.3 Å². The smallest absolute Gasteiger partial charge is 0.279 e. The number of aromatic nitrogens is 4. The molecule has 0 aliphatic carbocycles. The van der Waals surface area contributed by atoms with Crippen LogP contribution in [0.2, 0.25) is 5.02 Å². The van der Waals surface area contributed by atoms with Gasteiger partial charge in [0.15, 0.2) is 16.6 Å². The molecule has 1 amide bonds. The summed E-state index contributed by atoms with van der Waals surface area (Å²) in [6.07, 6.45) is 3.51. The molecule has 0 spiro atoms. The van der Waals surface area contributed by atoms with Crippen LogP contribution in [0.15, 0.2) is 47.2 Å². The van der Waals surface area contributed by atoms with Crippen molar-refractivity contribution in [3.63, 3.8) is 0 Å². The average Bonchev–Trinajstić information content (AvgIpc) is 3.40. The van der Waals surface area contributed by atoms with Crippen molar-refractivity contribution in [1.29, 1.82) is 0 Å². The zero-order valence-corrected chi connectivity index (χ0v) is 16.7. The lowest BCUT2D eigenvalue weighted by molar-refractivity contribution is 0.101. The molecule has 0 saturated carbocycles. The largest absolute Gasteiger partial charge is 0.355 e. The summed E-state index contributed by atoms with van der Waals surface area (Å²) in [5.41, 5.74) is 2.63. The van der Waals surface area contributed by atoms with Gasteiger partial charge in [-0.25, -0.2) is 4.98 Å². The number of halogens is 1. The summed E-state index contributed by atoms with van der Waals surface area (Å²) in [5.74, 6) is 0.101. The summed E-state index contributed by atoms with van der Waals surface area (Å²) < 4.78 is 7.05. The van der Waals surface area contributed by atoms with Crippen LogP contribution >= 0.6 is 22.9 Å². The Morgan fingerprint density at radius 1 is 1.32 bits per heavy atom. The number of anilines is 1. The van der Waals surface area contributed by atoms with Gasteiger partial charge in [-0.05, 0) is 26.0 Å². The van der Waals surface area contributed by atoms with Gasteiger partial charge in [0.25, 0.3) is 5.91 Å². The first kappa shape index (κ1) is 18.4. The predicted molar refractivity (Wildman–Crippen MR) is 109 cm³/mol. The topological polar surface area (TPSA) is 85.8 Å². The molecule has 0 unspecified atom stereocenters. The van der Waals surface area contributed by atoms with Crippen LogP contribution in [0.3, 0.4) is 0 Å². The van der Waals surface area contributed by atoms with Crippen molar-refractivity contribution >= 4 is 34.0 Å². The zero-order valence-electron chi connectivity index (χ0n) is 15.1. The van der Waals surface area contributed by atoms with Crippen LogP contribution in [-0.2, 0) is 6.54 Å². The maximum absolute atomic E-state index is 12.5. The first-order valence-electron chi connectivity index (χ1n) is 8.57. The number of benzene rings is 1. The van der Waals surface area contributed by atoms with E-state index in [0.29, 0.717) is 15.9 Å². The van der Waals surface area contributed by atoms with Crippen LogP contribution in [0.25, 0.3) is 22.6 Å². The van der Waals surface area contributed by atoms with Crippen molar-refractivity contribution in [3.8, 4) is 22.6 Å². The Morgan fingerprint density at radius 2 is 2.18 bits per heavy atom. The second-order valence-corrected chi connectivity index (χ2v) is 7.69. The Hall–Kier alpha value is -2.97. The molecule has 4 rings (SSSR count). The minimum absolute atomic E-state index is 0.177. The summed E-state index contributed by atoms with van der Waals surface area (Å²) in [5, 5.41) is 11.9. The van der Waals surface area contributed by atoms with Crippen molar-refractivity contribution in [2.75, 3.05) is 5.32 Å². The van der Waals surface area contributed by atoms with Gasteiger partial charge in [0.2, 0.25) is 0 Å². The number of nitrogens with one attached hydrogen (secondary N) is 1. The standard InChI is InChI=1S/C19H16ClN5O2S/c1-3-25-10-13(9-21-25)16-8-15(24-27-16)18(26)23-19-22-17(11(2)28-19)12-5-4-6-14(20)7-12/h4-10H,3H2,1-2H3,(H,22,23,26). The van der Waals surface area contributed by atoms with E-state index in [0.717, 1.165) is 28.2 Å². The lowest BCUT2D eigenvalue weighted by atomic mass is 10.1. The van der Waals surface area contributed by atoms with Gasteiger partial charge >= 0.3 is 0 Å². The monoisotopic (exact) mass is 413 g/mol. The number of rotatable bonds is 5. The maximum Gasteiger partial charge on any atom is 0.279 e. The van der Waals surface area contributed by atoms with E-state index < -0.39 is 0 Å². The number of carbonyl (C=O) groups excluding carboxylic acids is 1. The van der Waals surface area contributed by atoms with E-state index in [4.69, 9.17) is 16.1 Å². The number of hydrogen-bond acceptors (Lipinski definition) is 6. The number of carbonyl (C=O) groups is 1. The molecule has 0 bridgehead atoms. The van der Waals surface area contributed by atoms with Gasteiger partial charge < -0.3 is 4.52 Å². The molecule has 142 valence electrons. The first-order valence-corrected chi connectivity index (χ1v) is 9.77. The Balaban J connectivity index is 1.52. The van der Waals surface area contributed by atoms with Crippen LogP contribution in [0.5, 0.6) is 0 Å². The second-order valence-electron chi connectivity index (χ2n) is 6.05. The number of aryl methyl sites for hydroxylation is 2. The lowest BCUT2D eigenvalue weighted by Gasteiger charge is -1.99. The second kappa shape index (κ2) is 7.57. The van der Waals surface area contributed by atoms with E-state index in [1.807, 2.05) is 44.3 Å². The highest BCUT2D eigenvalue weighted by Crippen LogP contribution is 2.32. The van der Waals surface area contributed by atoms with Gasteiger partial charge in [0.1, 0.15) is 0 Å². The van der Waals surface area contributed by atoms with Crippen LogP contribution in [0.4, 0.5) is 5.13 Å². The summed E-state index contributed by atoms with van der Waals surface area (Å²) >= 11 is 7.45. The van der Waals surface area contributed by atoms with E-state index in [1.165, 1.54) is 11.3 Å². The molecule has 0 fully saturated rings. The minimum Gasteiger partial charge on any atom is -0.355 e. The summed E-state index contributed by atoms with van der Waals surface area (Å²) in [6, 6.07) is 9.04. The molecule has 1 aromatic carbocycles. The van der Waals surface area contributed by atoms with E-state index in [1.54, 1.807) is 16.9 Å². The Bertz CT molecular complexity index is 1150. The summed E-state index contributed by atoms with van der Waals surface area (Å²) in [6.45, 7) is 4.69. The van der Waals surface area contributed by atoms with Gasteiger partial charge in [-0.15, -0.1) is 11.3 Å². The van der Waals surface area contributed by atoms with Gasteiger partial charge in [-0.2, -0.15) is 5.10 Å². The minimum atomic E-state index is -0.385. The van der Waals surface area contributed by atoms with Crippen LogP contribution < -0.4 is 5.32 Å². The van der Waals surface area contributed by atoms with E-state index in [2.05, 4.69) is 20.6 Å². The molecule has 0 radical (unpaired) electrons. The summed E-state index contributed by atoms with van der Waals surface area (Å²) in [7, 11) is 0. The van der Waals surface area contributed by atoms with Crippen molar-refractivity contribution in [3.05, 3.63) is 58.3 Å². The third kappa shape index (κ3) is 3.69. The molecule has 0 saturated heterocycles. The number of hydrogen-bond donors (Lipinski definition) is 1. The third-order valence-corrected chi connectivity index (χ3v) is 5.22. The Morgan fingerprint density at radius 3 is 2.93 bits per heavy atom. The molecular formula is C19H16ClN5O2S. The molecule has 3 aromatic heterocycles. The number of thiazole rings is 1. The van der Waals surface area contributed by atoms with Gasteiger partial charge in [-0.1, -0.05) is 28.9 Å². The average molecular weight is 414 g/mol. The molecule has 7 nitrogen and oxygen atoms in total. The lowest BCUT2D eigenvalue weighted by Crippen LogP contribution is -2.11. The van der Waals surface area contributed by atoms with Gasteiger partial charge in [-0.3, -0.25) is 14.8 Å². The Kier molecular flexibility index (Phi) is 4.97. The Labute approximate surface area is 170 Å². The molecule has 0 atom stereocenters. The van der Waals surface area contributed by atoms with Crippen molar-refractivity contribution in [2.45, 2.75) is 20.4 Å². The normalized spacial score (nSPS) is 11.0. The molecule has 1 N–H and O–H groups in total. The highest BCUT2D eigenvalue weighted by Gasteiger charge is 2.18. The predicted octanol–water partition coefficient (Wildman–Crippen LogP) is 4.90. The SMILES string of the molecule is CCn1cc(-c2cc(C(=O)Nc3nc(-c4cccc(Cl)c4)c(C)s3)no2)cn1. The molecule has 9 heteroatoms. The molecule has 0 aliphatic heterocycles. The molecule has 4 aromatic rings. The van der Waals surface area contributed by atoms with E-state index >= 15 is 0 Å². The zero-order chi connectivity index (χ0) is 19.7. The quantitative estimate of drug-likeness (QED) is 0.503. The number of amides is 1. The fourth-order valence-corrected chi connectivity index (χ4v) is 3.72. The van der Waals surface area contributed by atoms with Gasteiger partial charge in [0.05, 0.1) is 17.5 Å². The third-order valence-electron chi connectivity index (χ3n) is 4.10. The van der Waals surface area contributed by atoms with Crippen molar-refractivity contribution in [1.82, 2.24) is 19.9 Å². The van der Waals surface area contributed by atoms with Crippen LogP contribution in [0.1, 0.15) is 22.3 Å². The molecule has 3 heterocycles. The van der Waals surface area contributed by atoms with Crippen LogP contribution in [-0.4, -0.2) is 25.8 Å². The van der Waals surface area contributed by atoms with E-state index in [-0.39, 0.29) is 11.6 Å². The van der Waals surface area contributed by atoms with Crippen LogP contribution in [0, 0.1) is 6.92 Å². The number of nitrogens with zero attached hydrogens (tertiary/aromatic N) is 4. The fourth-order valence-electron chi connectivity index (χ4n) is 2.70. The molecule has 28 heavy (non-hydrogen) atoms.